The Labute approximate surface area is 171 Å². The minimum atomic E-state index is -1.43. The van der Waals surface area contributed by atoms with Crippen molar-refractivity contribution in [2.24, 2.45) is 0 Å². The average molecular weight is 402 g/mol. The van der Waals surface area contributed by atoms with Crippen LogP contribution >= 0.6 is 12.4 Å². The van der Waals surface area contributed by atoms with E-state index in [9.17, 15) is 4.79 Å². The molecule has 3 aliphatic rings. The summed E-state index contributed by atoms with van der Waals surface area (Å²) in [4.78, 5) is 21.6. The van der Waals surface area contributed by atoms with Crippen molar-refractivity contribution >= 4 is 24.1 Å². The summed E-state index contributed by atoms with van der Waals surface area (Å²) in [6.45, 7) is 0.743. The summed E-state index contributed by atoms with van der Waals surface area (Å²) in [6, 6.07) is 13.6. The molecule has 28 heavy (non-hydrogen) atoms. The lowest BCUT2D eigenvalue weighted by Gasteiger charge is -2.44. The van der Waals surface area contributed by atoms with Crippen molar-refractivity contribution in [1.29, 1.82) is 0 Å². The molecule has 2 aromatic rings. The number of anilines is 1. The van der Waals surface area contributed by atoms with E-state index in [4.69, 9.17) is 0 Å². The van der Waals surface area contributed by atoms with E-state index in [0.717, 1.165) is 37.9 Å². The lowest BCUT2D eigenvalue weighted by Crippen LogP contribution is -2.55. The van der Waals surface area contributed by atoms with E-state index < -0.39 is 5.67 Å². The number of hydrogen-bond donors (Lipinski definition) is 0. The Kier molecular flexibility index (Phi) is 5.04. The number of piperidine rings is 1. The van der Waals surface area contributed by atoms with Gasteiger partial charge in [0, 0.05) is 43.4 Å². The van der Waals surface area contributed by atoms with Gasteiger partial charge >= 0.3 is 6.03 Å². The monoisotopic (exact) mass is 401 g/mol. The van der Waals surface area contributed by atoms with Crippen molar-refractivity contribution in [3.8, 4) is 0 Å². The van der Waals surface area contributed by atoms with Crippen LogP contribution in [0.3, 0.4) is 0 Å². The molecule has 2 saturated heterocycles. The first kappa shape index (κ1) is 19.2. The van der Waals surface area contributed by atoms with Crippen molar-refractivity contribution in [2.75, 3.05) is 11.4 Å². The fourth-order valence-corrected chi connectivity index (χ4v) is 5.21. The van der Waals surface area contributed by atoms with Gasteiger partial charge in [-0.25, -0.2) is 9.18 Å². The highest BCUT2D eigenvalue weighted by Gasteiger charge is 2.52. The molecule has 2 fully saturated rings. The Bertz CT molecular complexity index is 848. The molecule has 0 saturated carbocycles. The molecule has 6 heteroatoms. The summed E-state index contributed by atoms with van der Waals surface area (Å²) >= 11 is 0. The number of halogens is 2. The standard InChI is InChI=1S/C22H24FN3O.ClH/c23-22(20-9-3-4-12-24-20)14-17-10-11-18(15-22)26(17)21(27)25-13-5-7-16-6-1-2-8-19(16)25;/h1-4,6,8-9,12,17-18H,5,7,10-11,13-15H2;1H. The molecular formula is C22H25ClFN3O. The smallest absolute Gasteiger partial charge is 0.318 e. The van der Waals surface area contributed by atoms with Gasteiger partial charge < -0.3 is 4.90 Å². The molecule has 3 aliphatic heterocycles. The molecule has 1 aromatic heterocycles. The predicted molar refractivity (Wildman–Crippen MR) is 110 cm³/mol. The second-order valence-electron chi connectivity index (χ2n) is 8.05. The molecule has 5 rings (SSSR count). The summed E-state index contributed by atoms with van der Waals surface area (Å²) < 4.78 is 15.7. The maximum Gasteiger partial charge on any atom is 0.324 e. The van der Waals surface area contributed by atoms with Crippen LogP contribution in [0, 0.1) is 0 Å². The van der Waals surface area contributed by atoms with Crippen LogP contribution in [0.4, 0.5) is 14.9 Å². The van der Waals surface area contributed by atoms with Gasteiger partial charge in [0.1, 0.15) is 0 Å². The van der Waals surface area contributed by atoms with Gasteiger partial charge in [-0.1, -0.05) is 24.3 Å². The van der Waals surface area contributed by atoms with E-state index >= 15 is 4.39 Å². The number of carbonyl (C=O) groups is 1. The second kappa shape index (κ2) is 7.36. The molecule has 1 aromatic carbocycles. The summed E-state index contributed by atoms with van der Waals surface area (Å²) in [5, 5.41) is 0. The lowest BCUT2D eigenvalue weighted by atomic mass is 9.85. The molecule has 2 amide bonds. The van der Waals surface area contributed by atoms with E-state index in [0.29, 0.717) is 18.5 Å². The number of urea groups is 1. The Morgan fingerprint density at radius 3 is 2.50 bits per heavy atom. The van der Waals surface area contributed by atoms with Crippen molar-refractivity contribution in [3.05, 3.63) is 59.9 Å². The van der Waals surface area contributed by atoms with Gasteiger partial charge in [-0.05, 0) is 49.4 Å². The van der Waals surface area contributed by atoms with Gasteiger partial charge in [0.05, 0.1) is 5.69 Å². The zero-order valence-corrected chi connectivity index (χ0v) is 16.6. The number of hydrogen-bond acceptors (Lipinski definition) is 2. The number of rotatable bonds is 1. The number of nitrogens with zero attached hydrogens (tertiary/aromatic N) is 3. The number of aryl methyl sites for hydroxylation is 1. The quantitative estimate of drug-likeness (QED) is 0.683. The zero-order valence-electron chi connectivity index (χ0n) is 15.8. The summed E-state index contributed by atoms with van der Waals surface area (Å²) in [6.07, 6.45) is 6.10. The highest BCUT2D eigenvalue weighted by atomic mass is 35.5. The van der Waals surface area contributed by atoms with Gasteiger partial charge in [0.25, 0.3) is 0 Å². The van der Waals surface area contributed by atoms with Crippen molar-refractivity contribution < 1.29 is 9.18 Å². The predicted octanol–water partition coefficient (Wildman–Crippen LogP) is 4.87. The van der Waals surface area contributed by atoms with Crippen LogP contribution in [-0.2, 0) is 12.1 Å². The van der Waals surface area contributed by atoms with E-state index in [1.165, 1.54) is 5.56 Å². The Hall–Kier alpha value is -2.14. The van der Waals surface area contributed by atoms with Crippen LogP contribution in [0.5, 0.6) is 0 Å². The zero-order chi connectivity index (χ0) is 18.4. The average Bonchev–Trinajstić information content (AvgIpc) is 2.99. The highest BCUT2D eigenvalue weighted by Crippen LogP contribution is 2.48. The molecule has 4 heterocycles. The third kappa shape index (κ3) is 3.06. The Balaban J connectivity index is 0.00000192. The fourth-order valence-electron chi connectivity index (χ4n) is 5.21. The van der Waals surface area contributed by atoms with Crippen molar-refractivity contribution in [3.63, 3.8) is 0 Å². The van der Waals surface area contributed by atoms with Crippen LogP contribution in [0.15, 0.2) is 48.7 Å². The van der Waals surface area contributed by atoms with Gasteiger partial charge in [0.15, 0.2) is 5.67 Å². The van der Waals surface area contributed by atoms with Gasteiger partial charge in [0.2, 0.25) is 0 Å². The normalized spacial score (nSPS) is 28.5. The Morgan fingerprint density at radius 1 is 1.07 bits per heavy atom. The van der Waals surface area contributed by atoms with E-state index in [1.54, 1.807) is 12.3 Å². The van der Waals surface area contributed by atoms with Gasteiger partial charge in [-0.2, -0.15) is 0 Å². The van der Waals surface area contributed by atoms with Crippen LogP contribution in [-0.4, -0.2) is 34.5 Å². The molecule has 2 bridgehead atoms. The van der Waals surface area contributed by atoms with Gasteiger partial charge in [-0.15, -0.1) is 12.4 Å². The van der Waals surface area contributed by atoms with Crippen LogP contribution in [0.1, 0.15) is 43.4 Å². The molecular weight excluding hydrogens is 377 g/mol. The largest absolute Gasteiger partial charge is 0.324 e. The summed E-state index contributed by atoms with van der Waals surface area (Å²) in [5.41, 5.74) is 1.34. The molecule has 0 radical (unpaired) electrons. The third-order valence-corrected chi connectivity index (χ3v) is 6.42. The first-order valence-electron chi connectivity index (χ1n) is 9.94. The van der Waals surface area contributed by atoms with E-state index in [2.05, 4.69) is 11.1 Å². The maximum atomic E-state index is 15.7. The molecule has 148 valence electrons. The number of pyridine rings is 1. The number of amides is 2. The lowest BCUT2D eigenvalue weighted by molar-refractivity contribution is 0.0261. The number of fused-ring (bicyclic) bond motifs is 3. The minimum Gasteiger partial charge on any atom is -0.318 e. The number of carbonyl (C=O) groups excluding carboxylic acids is 1. The van der Waals surface area contributed by atoms with Crippen LogP contribution in [0.2, 0.25) is 0 Å². The fraction of sp³-hybridized carbons (Fsp3) is 0.455. The summed E-state index contributed by atoms with van der Waals surface area (Å²) in [5.74, 6) is 0. The third-order valence-electron chi connectivity index (χ3n) is 6.42. The molecule has 4 nitrogen and oxygen atoms in total. The number of alkyl halides is 1. The van der Waals surface area contributed by atoms with Crippen molar-refractivity contribution in [2.45, 2.75) is 56.3 Å². The number of benzene rings is 1. The first-order valence-corrected chi connectivity index (χ1v) is 9.94. The summed E-state index contributed by atoms with van der Waals surface area (Å²) in [7, 11) is 0. The second-order valence-corrected chi connectivity index (χ2v) is 8.05. The molecule has 2 atom stereocenters. The number of aromatic nitrogens is 1. The molecule has 0 N–H and O–H groups in total. The first-order chi connectivity index (χ1) is 13.2. The van der Waals surface area contributed by atoms with E-state index in [-0.39, 0.29) is 30.5 Å². The highest BCUT2D eigenvalue weighted by molar-refractivity contribution is 5.94. The van der Waals surface area contributed by atoms with E-state index in [1.807, 2.05) is 40.1 Å². The maximum absolute atomic E-state index is 15.7. The topological polar surface area (TPSA) is 36.4 Å². The molecule has 0 aliphatic carbocycles. The Morgan fingerprint density at radius 2 is 1.79 bits per heavy atom. The van der Waals surface area contributed by atoms with Crippen LogP contribution < -0.4 is 4.90 Å². The minimum absolute atomic E-state index is 0. The van der Waals surface area contributed by atoms with Crippen molar-refractivity contribution in [1.82, 2.24) is 9.88 Å². The van der Waals surface area contributed by atoms with Gasteiger partial charge in [-0.3, -0.25) is 9.88 Å². The SMILES string of the molecule is Cl.O=C(N1CCCc2ccccc21)N1C2CCC1CC(F)(c1ccccn1)C2. The molecule has 2 unspecified atom stereocenters. The van der Waals surface area contributed by atoms with Crippen LogP contribution in [0.25, 0.3) is 0 Å². The molecule has 0 spiro atoms. The number of para-hydroxylation sites is 1.